The van der Waals surface area contributed by atoms with Gasteiger partial charge >= 0.3 is 0 Å². The first kappa shape index (κ1) is 9.19. The summed E-state index contributed by atoms with van der Waals surface area (Å²) in [5, 5.41) is 0. The highest BCUT2D eigenvalue weighted by Crippen LogP contribution is 2.21. The van der Waals surface area contributed by atoms with E-state index in [-0.39, 0.29) is 0 Å². The Morgan fingerprint density at radius 3 is 2.73 bits per heavy atom. The van der Waals surface area contributed by atoms with Crippen molar-refractivity contribution in [2.45, 2.75) is 6.92 Å². The first-order chi connectivity index (χ1) is 5.15. The number of rotatable bonds is 1. The van der Waals surface area contributed by atoms with Crippen LogP contribution in [0.4, 0.5) is 0 Å². The van der Waals surface area contributed by atoms with Crippen LogP contribution < -0.4 is 0 Å². The molecule has 1 aromatic rings. The van der Waals surface area contributed by atoms with Crippen LogP contribution in [0.1, 0.15) is 15.9 Å². The van der Waals surface area contributed by atoms with Crippen LogP contribution in [0.2, 0.25) is 0 Å². The highest BCUT2D eigenvalue weighted by atomic mass is 127. The Labute approximate surface area is 87.5 Å². The molecular formula is C8H6BrIO. The zero-order valence-corrected chi connectivity index (χ0v) is 9.64. The predicted molar refractivity (Wildman–Crippen MR) is 57.0 cm³/mol. The maximum absolute atomic E-state index is 10.5. The van der Waals surface area contributed by atoms with E-state index < -0.39 is 0 Å². The van der Waals surface area contributed by atoms with Crippen molar-refractivity contribution in [1.29, 1.82) is 0 Å². The molecule has 0 N–H and O–H groups in total. The maximum atomic E-state index is 10.5. The van der Waals surface area contributed by atoms with Gasteiger partial charge in [-0.1, -0.05) is 15.9 Å². The van der Waals surface area contributed by atoms with Crippen LogP contribution in [-0.4, -0.2) is 6.29 Å². The zero-order valence-electron chi connectivity index (χ0n) is 5.90. The molecule has 1 aromatic carbocycles. The van der Waals surface area contributed by atoms with Crippen LogP contribution in [0.5, 0.6) is 0 Å². The lowest BCUT2D eigenvalue weighted by Gasteiger charge is -2.00. The molecule has 0 saturated carbocycles. The lowest BCUT2D eigenvalue weighted by atomic mass is 10.2. The summed E-state index contributed by atoms with van der Waals surface area (Å²) in [5.41, 5.74) is 1.85. The van der Waals surface area contributed by atoms with Gasteiger partial charge in [-0.15, -0.1) is 0 Å². The van der Waals surface area contributed by atoms with Crippen LogP contribution in [0.25, 0.3) is 0 Å². The average molecular weight is 325 g/mol. The molecule has 0 radical (unpaired) electrons. The Morgan fingerprint density at radius 2 is 2.18 bits per heavy atom. The van der Waals surface area contributed by atoms with Crippen LogP contribution in [0.15, 0.2) is 16.6 Å². The van der Waals surface area contributed by atoms with E-state index >= 15 is 0 Å². The minimum atomic E-state index is 0.711. The number of hydrogen-bond acceptors (Lipinski definition) is 1. The Morgan fingerprint density at radius 1 is 1.55 bits per heavy atom. The summed E-state index contributed by atoms with van der Waals surface area (Å²) in [4.78, 5) is 10.5. The molecule has 0 bridgehead atoms. The van der Waals surface area contributed by atoms with Gasteiger partial charge in [0.15, 0.2) is 6.29 Å². The molecule has 1 nitrogen and oxygen atoms in total. The molecule has 0 atom stereocenters. The van der Waals surface area contributed by atoms with E-state index in [0.717, 1.165) is 16.3 Å². The monoisotopic (exact) mass is 324 g/mol. The van der Waals surface area contributed by atoms with Gasteiger partial charge in [-0.25, -0.2) is 0 Å². The minimum Gasteiger partial charge on any atom is -0.298 e. The second kappa shape index (κ2) is 3.67. The number of aldehydes is 1. The topological polar surface area (TPSA) is 17.1 Å². The second-order valence-electron chi connectivity index (χ2n) is 2.24. The molecule has 0 fully saturated rings. The van der Waals surface area contributed by atoms with Crippen molar-refractivity contribution in [2.24, 2.45) is 0 Å². The van der Waals surface area contributed by atoms with Crippen molar-refractivity contribution in [3.63, 3.8) is 0 Å². The van der Waals surface area contributed by atoms with Crippen LogP contribution in [0, 0.1) is 10.5 Å². The van der Waals surface area contributed by atoms with Gasteiger partial charge < -0.3 is 0 Å². The Balaban J connectivity index is 3.31. The van der Waals surface area contributed by atoms with Crippen LogP contribution in [0.3, 0.4) is 0 Å². The van der Waals surface area contributed by atoms with Crippen molar-refractivity contribution in [2.75, 3.05) is 0 Å². The van der Waals surface area contributed by atoms with Crippen molar-refractivity contribution in [3.8, 4) is 0 Å². The van der Waals surface area contributed by atoms with Crippen LogP contribution >= 0.6 is 38.5 Å². The fraction of sp³-hybridized carbons (Fsp3) is 0.125. The molecule has 0 spiro atoms. The zero-order chi connectivity index (χ0) is 8.43. The normalized spacial score (nSPS) is 9.73. The van der Waals surface area contributed by atoms with E-state index in [1.165, 1.54) is 3.57 Å². The number of hydrogen-bond donors (Lipinski definition) is 0. The average Bonchev–Trinajstić information content (AvgIpc) is 1.97. The molecule has 0 aliphatic rings. The highest BCUT2D eigenvalue weighted by Gasteiger charge is 2.01. The van der Waals surface area contributed by atoms with E-state index in [0.29, 0.717) is 5.56 Å². The molecule has 0 aliphatic heterocycles. The summed E-state index contributed by atoms with van der Waals surface area (Å²) in [6.07, 6.45) is 0.854. The second-order valence-corrected chi connectivity index (χ2v) is 4.26. The molecule has 0 saturated heterocycles. The third kappa shape index (κ3) is 2.02. The van der Waals surface area contributed by atoms with Gasteiger partial charge in [0, 0.05) is 13.6 Å². The summed E-state index contributed by atoms with van der Waals surface area (Å²) >= 11 is 5.54. The van der Waals surface area contributed by atoms with Gasteiger partial charge in [0.1, 0.15) is 0 Å². The first-order valence-electron chi connectivity index (χ1n) is 3.06. The summed E-state index contributed by atoms with van der Waals surface area (Å²) in [6.45, 7) is 1.99. The maximum Gasteiger partial charge on any atom is 0.151 e. The highest BCUT2D eigenvalue weighted by molar-refractivity contribution is 14.1. The van der Waals surface area contributed by atoms with E-state index in [9.17, 15) is 4.79 Å². The van der Waals surface area contributed by atoms with Gasteiger partial charge in [0.25, 0.3) is 0 Å². The number of carbonyl (C=O) groups is 1. The molecule has 1 rings (SSSR count). The standard InChI is InChI=1S/C8H6BrIO/c1-5-2-6(4-11)7(9)3-8(5)10/h2-4H,1H3. The SMILES string of the molecule is Cc1cc(C=O)c(Br)cc1I. The van der Waals surface area contributed by atoms with Gasteiger partial charge in [0.05, 0.1) is 0 Å². The minimum absolute atomic E-state index is 0.711. The molecule has 0 aliphatic carbocycles. The quantitative estimate of drug-likeness (QED) is 0.573. The lowest BCUT2D eigenvalue weighted by molar-refractivity contribution is 0.112. The number of halogens is 2. The fourth-order valence-corrected chi connectivity index (χ4v) is 2.10. The molecule has 0 unspecified atom stereocenters. The van der Waals surface area contributed by atoms with Crippen molar-refractivity contribution in [1.82, 2.24) is 0 Å². The summed E-state index contributed by atoms with van der Waals surface area (Å²) in [7, 11) is 0. The van der Waals surface area contributed by atoms with Gasteiger partial charge in [0.2, 0.25) is 0 Å². The van der Waals surface area contributed by atoms with Crippen LogP contribution in [-0.2, 0) is 0 Å². The molecule has 58 valence electrons. The van der Waals surface area contributed by atoms with E-state index in [4.69, 9.17) is 0 Å². The lowest BCUT2D eigenvalue weighted by Crippen LogP contribution is -1.87. The predicted octanol–water partition coefficient (Wildman–Crippen LogP) is 3.17. The van der Waals surface area contributed by atoms with E-state index in [1.807, 2.05) is 19.1 Å². The van der Waals surface area contributed by atoms with E-state index in [2.05, 4.69) is 38.5 Å². The third-order valence-electron chi connectivity index (χ3n) is 1.40. The summed E-state index contributed by atoms with van der Waals surface area (Å²) < 4.78 is 2.03. The summed E-state index contributed by atoms with van der Waals surface area (Å²) in [6, 6.07) is 3.82. The first-order valence-corrected chi connectivity index (χ1v) is 4.93. The molecular weight excluding hydrogens is 319 g/mol. The Bertz CT molecular complexity index is 296. The number of carbonyl (C=O) groups excluding carboxylic acids is 1. The fourth-order valence-electron chi connectivity index (χ4n) is 0.770. The van der Waals surface area contributed by atoms with Gasteiger partial charge in [-0.05, 0) is 47.2 Å². The molecule has 0 heterocycles. The van der Waals surface area contributed by atoms with Gasteiger partial charge in [-0.3, -0.25) is 4.79 Å². The van der Waals surface area contributed by atoms with Crippen molar-refractivity contribution in [3.05, 3.63) is 31.3 Å². The molecule has 0 amide bonds. The largest absolute Gasteiger partial charge is 0.298 e. The molecule has 0 aromatic heterocycles. The number of aryl methyl sites for hydroxylation is 1. The van der Waals surface area contributed by atoms with E-state index in [1.54, 1.807) is 0 Å². The van der Waals surface area contributed by atoms with Crippen molar-refractivity contribution < 1.29 is 4.79 Å². The third-order valence-corrected chi connectivity index (χ3v) is 3.25. The van der Waals surface area contributed by atoms with Gasteiger partial charge in [-0.2, -0.15) is 0 Å². The molecule has 11 heavy (non-hydrogen) atoms. The number of benzene rings is 1. The molecule has 3 heteroatoms. The van der Waals surface area contributed by atoms with Crippen molar-refractivity contribution >= 4 is 44.8 Å². The smallest absolute Gasteiger partial charge is 0.151 e. The summed E-state index contributed by atoms with van der Waals surface area (Å²) in [5.74, 6) is 0. The Hall–Kier alpha value is 0.100. The Kier molecular flexibility index (Phi) is 3.06.